The van der Waals surface area contributed by atoms with Gasteiger partial charge in [0.2, 0.25) is 0 Å². The van der Waals surface area contributed by atoms with E-state index in [9.17, 15) is 0 Å². The summed E-state index contributed by atoms with van der Waals surface area (Å²) >= 11 is 6.20. The summed E-state index contributed by atoms with van der Waals surface area (Å²) in [6.45, 7) is 10.7. The number of aryl methyl sites for hydroxylation is 1. The molecular weight excluding hydrogens is 334 g/mol. The molecule has 3 nitrogen and oxygen atoms in total. The fourth-order valence-corrected chi connectivity index (χ4v) is 2.92. The van der Waals surface area contributed by atoms with Crippen LogP contribution < -0.4 is 10.2 Å². The van der Waals surface area contributed by atoms with Crippen molar-refractivity contribution in [1.82, 2.24) is 0 Å². The standard InChI is InChI=1S/C20H24BClO3/c1-14-6-11-18(17(22)12-14)23-13-15-7-9-16(10-8-15)21-24-19(2,3)20(4,5)25-21/h6-12H,13H2,1-5H3. The first-order chi connectivity index (χ1) is 11.7. The van der Waals surface area contributed by atoms with Crippen LogP contribution in [-0.4, -0.2) is 18.3 Å². The molecule has 0 aliphatic carbocycles. The number of hydrogen-bond donors (Lipinski definition) is 0. The fourth-order valence-electron chi connectivity index (χ4n) is 2.63. The van der Waals surface area contributed by atoms with Gasteiger partial charge in [0.15, 0.2) is 0 Å². The van der Waals surface area contributed by atoms with Crippen LogP contribution in [0.15, 0.2) is 42.5 Å². The lowest BCUT2D eigenvalue weighted by Gasteiger charge is -2.32. The van der Waals surface area contributed by atoms with Crippen LogP contribution >= 0.6 is 11.6 Å². The molecule has 0 aromatic heterocycles. The molecule has 1 aliphatic heterocycles. The molecule has 1 aliphatic rings. The number of ether oxygens (including phenoxy) is 1. The SMILES string of the molecule is Cc1ccc(OCc2ccc(B3OC(C)(C)C(C)(C)O3)cc2)c(Cl)c1. The highest BCUT2D eigenvalue weighted by Crippen LogP contribution is 2.36. The largest absolute Gasteiger partial charge is 0.494 e. The van der Waals surface area contributed by atoms with E-state index in [0.717, 1.165) is 16.6 Å². The molecule has 0 radical (unpaired) electrons. The maximum Gasteiger partial charge on any atom is 0.494 e. The molecule has 1 saturated heterocycles. The number of hydrogen-bond acceptors (Lipinski definition) is 3. The zero-order valence-electron chi connectivity index (χ0n) is 15.4. The Morgan fingerprint density at radius 2 is 1.56 bits per heavy atom. The number of benzene rings is 2. The Morgan fingerprint density at radius 3 is 2.12 bits per heavy atom. The Labute approximate surface area is 155 Å². The second-order valence-electron chi connectivity index (χ2n) is 7.55. The molecule has 0 amide bonds. The summed E-state index contributed by atoms with van der Waals surface area (Å²) in [5.74, 6) is 0.697. The minimum absolute atomic E-state index is 0.332. The average Bonchev–Trinajstić information content (AvgIpc) is 2.75. The Kier molecular flexibility index (Phi) is 4.89. The van der Waals surface area contributed by atoms with Crippen molar-refractivity contribution in [2.75, 3.05) is 0 Å². The molecule has 2 aromatic rings. The monoisotopic (exact) mass is 358 g/mol. The van der Waals surface area contributed by atoms with Gasteiger partial charge in [0.05, 0.1) is 16.2 Å². The van der Waals surface area contributed by atoms with E-state index in [0.29, 0.717) is 17.4 Å². The molecule has 0 spiro atoms. The Balaban J connectivity index is 1.65. The summed E-state index contributed by atoms with van der Waals surface area (Å²) in [7, 11) is -0.341. The van der Waals surface area contributed by atoms with Gasteiger partial charge < -0.3 is 14.0 Å². The number of halogens is 1. The van der Waals surface area contributed by atoms with Crippen LogP contribution in [0.25, 0.3) is 0 Å². The minimum Gasteiger partial charge on any atom is -0.487 e. The van der Waals surface area contributed by atoms with Crippen LogP contribution in [0.3, 0.4) is 0 Å². The zero-order chi connectivity index (χ0) is 18.2. The molecule has 0 atom stereocenters. The third-order valence-electron chi connectivity index (χ3n) is 4.99. The van der Waals surface area contributed by atoms with Gasteiger partial charge in [0, 0.05) is 0 Å². The summed E-state index contributed by atoms with van der Waals surface area (Å²) in [6, 6.07) is 13.9. The highest BCUT2D eigenvalue weighted by Gasteiger charge is 2.51. The summed E-state index contributed by atoms with van der Waals surface area (Å²) in [5.41, 5.74) is 2.53. The summed E-state index contributed by atoms with van der Waals surface area (Å²) in [5, 5.41) is 0.633. The van der Waals surface area contributed by atoms with E-state index in [4.69, 9.17) is 25.6 Å². The molecule has 132 valence electrons. The minimum atomic E-state index is -0.341. The van der Waals surface area contributed by atoms with Crippen molar-refractivity contribution in [3.63, 3.8) is 0 Å². The first-order valence-electron chi connectivity index (χ1n) is 8.51. The van der Waals surface area contributed by atoms with Gasteiger partial charge in [-0.1, -0.05) is 41.9 Å². The average molecular weight is 359 g/mol. The lowest BCUT2D eigenvalue weighted by Crippen LogP contribution is -2.41. The summed E-state index contributed by atoms with van der Waals surface area (Å²) in [4.78, 5) is 0. The van der Waals surface area contributed by atoms with E-state index in [1.54, 1.807) is 0 Å². The van der Waals surface area contributed by atoms with E-state index in [-0.39, 0.29) is 18.3 Å². The summed E-state index contributed by atoms with van der Waals surface area (Å²) in [6.07, 6.45) is 0. The van der Waals surface area contributed by atoms with Crippen LogP contribution in [0.5, 0.6) is 5.75 Å². The highest BCUT2D eigenvalue weighted by molar-refractivity contribution is 6.62. The third kappa shape index (κ3) is 3.86. The van der Waals surface area contributed by atoms with Crippen molar-refractivity contribution in [3.8, 4) is 5.75 Å². The quantitative estimate of drug-likeness (QED) is 0.752. The lowest BCUT2D eigenvalue weighted by molar-refractivity contribution is 0.00578. The molecule has 0 bridgehead atoms. The van der Waals surface area contributed by atoms with Crippen molar-refractivity contribution in [3.05, 3.63) is 58.6 Å². The molecule has 0 unspecified atom stereocenters. The van der Waals surface area contributed by atoms with Gasteiger partial charge in [-0.2, -0.15) is 0 Å². The van der Waals surface area contributed by atoms with Gasteiger partial charge in [-0.15, -0.1) is 0 Å². The van der Waals surface area contributed by atoms with E-state index in [1.807, 2.05) is 49.4 Å². The van der Waals surface area contributed by atoms with Gasteiger partial charge in [0.1, 0.15) is 12.4 Å². The van der Waals surface area contributed by atoms with Crippen LogP contribution in [0.1, 0.15) is 38.8 Å². The van der Waals surface area contributed by atoms with Gasteiger partial charge in [0.25, 0.3) is 0 Å². The zero-order valence-corrected chi connectivity index (χ0v) is 16.2. The van der Waals surface area contributed by atoms with Crippen molar-refractivity contribution < 1.29 is 14.0 Å². The molecule has 1 fully saturated rings. The second-order valence-corrected chi connectivity index (χ2v) is 7.96. The fraction of sp³-hybridized carbons (Fsp3) is 0.400. The highest BCUT2D eigenvalue weighted by atomic mass is 35.5. The van der Waals surface area contributed by atoms with Gasteiger partial charge in [-0.05, 0) is 63.3 Å². The molecule has 0 N–H and O–H groups in total. The maximum absolute atomic E-state index is 6.20. The Morgan fingerprint density at radius 1 is 0.960 bits per heavy atom. The topological polar surface area (TPSA) is 27.7 Å². The van der Waals surface area contributed by atoms with Crippen LogP contribution in [0.2, 0.25) is 5.02 Å². The first kappa shape index (κ1) is 18.3. The Hall–Kier alpha value is -1.49. The predicted molar refractivity (Wildman–Crippen MR) is 103 cm³/mol. The molecule has 25 heavy (non-hydrogen) atoms. The maximum atomic E-state index is 6.20. The van der Waals surface area contributed by atoms with Gasteiger partial charge in [-0.3, -0.25) is 0 Å². The smallest absolute Gasteiger partial charge is 0.487 e. The summed E-state index contributed by atoms with van der Waals surface area (Å²) < 4.78 is 18.0. The van der Waals surface area contributed by atoms with Crippen molar-refractivity contribution in [2.24, 2.45) is 0 Å². The second kappa shape index (κ2) is 6.67. The molecule has 1 heterocycles. The van der Waals surface area contributed by atoms with E-state index in [2.05, 4.69) is 27.7 Å². The molecular formula is C20H24BClO3. The van der Waals surface area contributed by atoms with Crippen LogP contribution in [-0.2, 0) is 15.9 Å². The Bertz CT molecular complexity index is 740. The van der Waals surface area contributed by atoms with E-state index < -0.39 is 0 Å². The first-order valence-corrected chi connectivity index (χ1v) is 8.89. The molecule has 2 aromatic carbocycles. The molecule has 5 heteroatoms. The van der Waals surface area contributed by atoms with Crippen molar-refractivity contribution in [1.29, 1.82) is 0 Å². The predicted octanol–water partition coefficient (Wildman–Crippen LogP) is 4.53. The van der Waals surface area contributed by atoms with Gasteiger partial charge >= 0.3 is 7.12 Å². The van der Waals surface area contributed by atoms with Crippen molar-refractivity contribution in [2.45, 2.75) is 52.4 Å². The number of rotatable bonds is 4. The normalized spacial score (nSPS) is 18.4. The van der Waals surface area contributed by atoms with Gasteiger partial charge in [-0.25, -0.2) is 0 Å². The van der Waals surface area contributed by atoms with E-state index >= 15 is 0 Å². The molecule has 0 saturated carbocycles. The van der Waals surface area contributed by atoms with Crippen molar-refractivity contribution >= 4 is 24.2 Å². The van der Waals surface area contributed by atoms with Crippen LogP contribution in [0, 0.1) is 6.92 Å². The van der Waals surface area contributed by atoms with E-state index in [1.165, 1.54) is 0 Å². The lowest BCUT2D eigenvalue weighted by atomic mass is 9.79. The third-order valence-corrected chi connectivity index (χ3v) is 5.28. The van der Waals surface area contributed by atoms with Crippen LogP contribution in [0.4, 0.5) is 0 Å². The molecule has 3 rings (SSSR count).